The van der Waals surface area contributed by atoms with Crippen LogP contribution in [0.15, 0.2) is 47.8 Å². The number of aryl methyl sites for hydroxylation is 2. The van der Waals surface area contributed by atoms with Gasteiger partial charge in [0.05, 0.1) is 0 Å². The lowest BCUT2D eigenvalue weighted by Crippen LogP contribution is -2.13. The summed E-state index contributed by atoms with van der Waals surface area (Å²) in [5.41, 5.74) is 3.81. The molecule has 6 heteroatoms. The van der Waals surface area contributed by atoms with Gasteiger partial charge in [-0.2, -0.15) is 0 Å². The average molecular weight is 369 g/mol. The van der Waals surface area contributed by atoms with Gasteiger partial charge in [0.2, 0.25) is 0 Å². The Kier molecular flexibility index (Phi) is 4.86. The van der Waals surface area contributed by atoms with Gasteiger partial charge in [0, 0.05) is 16.5 Å². The number of nitrogens with one attached hydrogen (secondary N) is 1. The van der Waals surface area contributed by atoms with E-state index in [-0.39, 0.29) is 16.1 Å². The summed E-state index contributed by atoms with van der Waals surface area (Å²) in [5, 5.41) is 14.2. The number of carbonyl (C=O) groups is 2. The first kappa shape index (κ1) is 17.8. The van der Waals surface area contributed by atoms with Gasteiger partial charge in [-0.1, -0.05) is 18.2 Å². The summed E-state index contributed by atoms with van der Waals surface area (Å²) in [5.74, 6) is -2.05. The fraction of sp³-hybridized carbons (Fsp3) is 0.100. The van der Waals surface area contributed by atoms with E-state index in [1.807, 2.05) is 32.0 Å². The Bertz CT molecular complexity index is 993. The fourth-order valence-corrected chi connectivity index (χ4v) is 3.52. The number of halogens is 1. The van der Waals surface area contributed by atoms with Crippen molar-refractivity contribution in [2.24, 2.45) is 0 Å². The minimum atomic E-state index is -1.12. The van der Waals surface area contributed by atoms with Gasteiger partial charge < -0.3 is 10.4 Å². The van der Waals surface area contributed by atoms with Crippen LogP contribution in [0.25, 0.3) is 11.1 Å². The Morgan fingerprint density at radius 3 is 2.35 bits per heavy atom. The molecule has 132 valence electrons. The first-order chi connectivity index (χ1) is 12.4. The van der Waals surface area contributed by atoms with Crippen LogP contribution in [-0.4, -0.2) is 17.0 Å². The molecule has 4 nitrogen and oxygen atoms in total. The minimum absolute atomic E-state index is 0.0497. The van der Waals surface area contributed by atoms with Gasteiger partial charge in [-0.15, -0.1) is 11.3 Å². The van der Waals surface area contributed by atoms with Crippen LogP contribution in [0.1, 0.15) is 31.8 Å². The van der Waals surface area contributed by atoms with Crippen LogP contribution in [0.5, 0.6) is 0 Å². The molecule has 26 heavy (non-hydrogen) atoms. The van der Waals surface area contributed by atoms with E-state index in [4.69, 9.17) is 0 Å². The first-order valence-corrected chi connectivity index (χ1v) is 8.74. The van der Waals surface area contributed by atoms with Gasteiger partial charge in [0.15, 0.2) is 0 Å². The van der Waals surface area contributed by atoms with Gasteiger partial charge in [-0.05, 0) is 54.8 Å². The average Bonchev–Trinajstić information content (AvgIpc) is 3.01. The van der Waals surface area contributed by atoms with E-state index in [9.17, 15) is 19.1 Å². The molecule has 0 aliphatic rings. The quantitative estimate of drug-likeness (QED) is 0.671. The predicted molar refractivity (Wildman–Crippen MR) is 101 cm³/mol. The third kappa shape index (κ3) is 3.50. The van der Waals surface area contributed by atoms with E-state index in [0.717, 1.165) is 28.0 Å². The summed E-state index contributed by atoms with van der Waals surface area (Å²) in [7, 11) is 0. The molecule has 1 heterocycles. The van der Waals surface area contributed by atoms with Crippen LogP contribution in [0.3, 0.4) is 0 Å². The second-order valence-corrected chi connectivity index (χ2v) is 6.80. The van der Waals surface area contributed by atoms with Crippen LogP contribution in [-0.2, 0) is 0 Å². The molecular weight excluding hydrogens is 353 g/mol. The molecular formula is C20H16FNO3S. The molecule has 3 aromatic rings. The van der Waals surface area contributed by atoms with Crippen molar-refractivity contribution in [1.29, 1.82) is 0 Å². The van der Waals surface area contributed by atoms with E-state index in [2.05, 4.69) is 5.32 Å². The van der Waals surface area contributed by atoms with Crippen LogP contribution < -0.4 is 5.32 Å². The van der Waals surface area contributed by atoms with E-state index < -0.39 is 17.7 Å². The minimum Gasteiger partial charge on any atom is -0.478 e. The standard InChI is InChI=1S/C20H16FNO3S/c1-11-3-4-14(9-12(11)2)16-10-26-19(17(16)20(24)25)22-18(23)13-5-7-15(21)8-6-13/h3-10H,1-2H3,(H,22,23)(H,24,25). The number of hydrogen-bond acceptors (Lipinski definition) is 3. The third-order valence-corrected chi connectivity index (χ3v) is 5.05. The van der Waals surface area contributed by atoms with Crippen LogP contribution in [0, 0.1) is 19.7 Å². The molecule has 0 aliphatic carbocycles. The van der Waals surface area contributed by atoms with Gasteiger partial charge in [0.25, 0.3) is 5.91 Å². The van der Waals surface area contributed by atoms with Gasteiger partial charge >= 0.3 is 5.97 Å². The van der Waals surface area contributed by atoms with Crippen molar-refractivity contribution >= 4 is 28.2 Å². The Hall–Kier alpha value is -2.99. The Balaban J connectivity index is 1.97. The number of carboxylic acid groups (broad SMARTS) is 1. The molecule has 0 fully saturated rings. The molecule has 0 unspecified atom stereocenters. The van der Waals surface area contributed by atoms with Crippen molar-refractivity contribution in [1.82, 2.24) is 0 Å². The highest BCUT2D eigenvalue weighted by Gasteiger charge is 2.21. The lowest BCUT2D eigenvalue weighted by atomic mass is 9.99. The molecule has 1 amide bonds. The summed E-state index contributed by atoms with van der Waals surface area (Å²) in [6.07, 6.45) is 0. The fourth-order valence-electron chi connectivity index (χ4n) is 2.56. The van der Waals surface area contributed by atoms with Crippen molar-refractivity contribution in [2.75, 3.05) is 5.32 Å². The largest absolute Gasteiger partial charge is 0.478 e. The highest BCUT2D eigenvalue weighted by Crippen LogP contribution is 2.36. The number of amides is 1. The molecule has 2 aromatic carbocycles. The maximum absolute atomic E-state index is 13.0. The van der Waals surface area contributed by atoms with Crippen molar-refractivity contribution < 1.29 is 19.1 Å². The lowest BCUT2D eigenvalue weighted by molar-refractivity contribution is 0.0699. The Morgan fingerprint density at radius 1 is 1.04 bits per heavy atom. The molecule has 0 saturated heterocycles. The number of carboxylic acids is 1. The molecule has 0 radical (unpaired) electrons. The number of hydrogen-bond donors (Lipinski definition) is 2. The molecule has 1 aromatic heterocycles. The lowest BCUT2D eigenvalue weighted by Gasteiger charge is -2.08. The van der Waals surface area contributed by atoms with E-state index in [1.165, 1.54) is 24.3 Å². The topological polar surface area (TPSA) is 66.4 Å². The second-order valence-electron chi connectivity index (χ2n) is 5.92. The summed E-state index contributed by atoms with van der Waals surface area (Å²) in [4.78, 5) is 24.1. The van der Waals surface area contributed by atoms with Crippen LogP contribution in [0.4, 0.5) is 9.39 Å². The van der Waals surface area contributed by atoms with E-state index >= 15 is 0 Å². The number of thiophene rings is 1. The van der Waals surface area contributed by atoms with Crippen molar-refractivity contribution in [3.63, 3.8) is 0 Å². The summed E-state index contributed by atoms with van der Waals surface area (Å²) < 4.78 is 13.0. The maximum Gasteiger partial charge on any atom is 0.339 e. The summed E-state index contributed by atoms with van der Waals surface area (Å²) in [6, 6.07) is 10.8. The normalized spacial score (nSPS) is 10.6. The number of rotatable bonds is 4. The molecule has 0 atom stereocenters. The molecule has 0 aliphatic heterocycles. The molecule has 2 N–H and O–H groups in total. The first-order valence-electron chi connectivity index (χ1n) is 7.86. The smallest absolute Gasteiger partial charge is 0.339 e. The third-order valence-electron chi connectivity index (χ3n) is 4.16. The van der Waals surface area contributed by atoms with E-state index in [1.54, 1.807) is 5.38 Å². The molecule has 0 spiro atoms. The maximum atomic E-state index is 13.0. The Morgan fingerprint density at radius 2 is 1.73 bits per heavy atom. The number of aromatic carboxylic acids is 1. The predicted octanol–water partition coefficient (Wildman–Crippen LogP) is 5.12. The SMILES string of the molecule is Cc1ccc(-c2csc(NC(=O)c3ccc(F)cc3)c2C(=O)O)cc1C. The number of benzene rings is 2. The highest BCUT2D eigenvalue weighted by atomic mass is 32.1. The highest BCUT2D eigenvalue weighted by molar-refractivity contribution is 7.15. The molecule has 0 saturated carbocycles. The van der Waals surface area contributed by atoms with Crippen LogP contribution in [0.2, 0.25) is 0 Å². The zero-order valence-corrected chi connectivity index (χ0v) is 15.0. The molecule has 0 bridgehead atoms. The van der Waals surface area contributed by atoms with Crippen molar-refractivity contribution in [3.05, 3.63) is 75.9 Å². The van der Waals surface area contributed by atoms with Gasteiger partial charge in [-0.3, -0.25) is 4.79 Å². The zero-order valence-electron chi connectivity index (χ0n) is 14.2. The summed E-state index contributed by atoms with van der Waals surface area (Å²) in [6.45, 7) is 3.95. The van der Waals surface area contributed by atoms with Gasteiger partial charge in [0.1, 0.15) is 16.4 Å². The van der Waals surface area contributed by atoms with Crippen molar-refractivity contribution in [2.45, 2.75) is 13.8 Å². The zero-order chi connectivity index (χ0) is 18.8. The monoisotopic (exact) mass is 369 g/mol. The molecule has 3 rings (SSSR count). The number of anilines is 1. The second kappa shape index (κ2) is 7.09. The van der Waals surface area contributed by atoms with Gasteiger partial charge in [-0.25, -0.2) is 9.18 Å². The summed E-state index contributed by atoms with van der Waals surface area (Å²) >= 11 is 1.15. The van der Waals surface area contributed by atoms with E-state index in [0.29, 0.717) is 5.56 Å². The number of carbonyl (C=O) groups excluding carboxylic acids is 1. The Labute approximate surface area is 153 Å². The van der Waals surface area contributed by atoms with Crippen LogP contribution >= 0.6 is 11.3 Å². The van der Waals surface area contributed by atoms with Crippen molar-refractivity contribution in [3.8, 4) is 11.1 Å².